The number of halogens is 1. The lowest BCUT2D eigenvalue weighted by Crippen LogP contribution is -2.35. The third kappa shape index (κ3) is 4.50. The zero-order valence-corrected chi connectivity index (χ0v) is 17.5. The van der Waals surface area contributed by atoms with E-state index < -0.39 is 11.8 Å². The lowest BCUT2D eigenvalue weighted by Gasteiger charge is -2.23. The minimum absolute atomic E-state index is 0.0711. The van der Waals surface area contributed by atoms with Crippen molar-refractivity contribution in [3.8, 4) is 11.5 Å². The largest absolute Gasteiger partial charge is 0.454 e. The Morgan fingerprint density at radius 2 is 1.70 bits per heavy atom. The molecule has 0 aliphatic carbocycles. The molecule has 0 atom stereocenters. The van der Waals surface area contributed by atoms with Crippen LogP contribution in [0.3, 0.4) is 0 Å². The van der Waals surface area contributed by atoms with Crippen LogP contribution in [-0.4, -0.2) is 22.7 Å². The fraction of sp³-hybridized carbons (Fsp3) is 0.120. The summed E-state index contributed by atoms with van der Waals surface area (Å²) in [5.41, 5.74) is 2.12. The van der Waals surface area contributed by atoms with Crippen LogP contribution in [0, 0.1) is 5.82 Å². The average Bonchev–Trinajstić information content (AvgIpc) is 3.27. The van der Waals surface area contributed by atoms with E-state index in [2.05, 4.69) is 10.3 Å². The van der Waals surface area contributed by atoms with Gasteiger partial charge in [-0.05, 0) is 42.0 Å². The number of H-pyrrole nitrogens is 1. The second kappa shape index (κ2) is 8.66. The normalized spacial score (nSPS) is 12.0. The molecule has 0 saturated carbocycles. The van der Waals surface area contributed by atoms with Gasteiger partial charge in [0.1, 0.15) is 5.82 Å². The predicted octanol–water partition coefficient (Wildman–Crippen LogP) is 4.63. The molecule has 166 valence electrons. The number of pyridine rings is 1. The van der Waals surface area contributed by atoms with Crippen molar-refractivity contribution in [1.29, 1.82) is 0 Å². The lowest BCUT2D eigenvalue weighted by molar-refractivity contribution is 0.174. The van der Waals surface area contributed by atoms with Crippen molar-refractivity contribution in [2.45, 2.75) is 13.1 Å². The summed E-state index contributed by atoms with van der Waals surface area (Å²) in [6, 6.07) is 19.9. The fourth-order valence-electron chi connectivity index (χ4n) is 3.70. The number of amides is 2. The molecule has 0 radical (unpaired) electrons. The van der Waals surface area contributed by atoms with Crippen molar-refractivity contribution in [2.24, 2.45) is 0 Å². The van der Waals surface area contributed by atoms with E-state index in [1.807, 2.05) is 30.3 Å². The highest BCUT2D eigenvalue weighted by Crippen LogP contribution is 2.35. The second-order valence-electron chi connectivity index (χ2n) is 7.70. The molecule has 5 rings (SSSR count). The Bertz CT molecular complexity index is 1370. The van der Waals surface area contributed by atoms with Gasteiger partial charge in [0.2, 0.25) is 6.79 Å². The van der Waals surface area contributed by atoms with Crippen molar-refractivity contribution < 1.29 is 18.7 Å². The van der Waals surface area contributed by atoms with E-state index in [0.29, 0.717) is 28.3 Å². The van der Waals surface area contributed by atoms with E-state index >= 15 is 0 Å². The third-order valence-electron chi connectivity index (χ3n) is 5.37. The number of carbonyl (C=O) groups is 1. The third-order valence-corrected chi connectivity index (χ3v) is 5.37. The van der Waals surface area contributed by atoms with Crippen molar-refractivity contribution in [3.63, 3.8) is 0 Å². The quantitative estimate of drug-likeness (QED) is 0.469. The Morgan fingerprint density at radius 1 is 0.970 bits per heavy atom. The van der Waals surface area contributed by atoms with E-state index in [9.17, 15) is 14.0 Å². The zero-order chi connectivity index (χ0) is 22.8. The van der Waals surface area contributed by atoms with Gasteiger partial charge in [0, 0.05) is 29.2 Å². The molecule has 8 heteroatoms. The molecule has 0 unspecified atom stereocenters. The number of fused-ring (bicyclic) bond motifs is 2. The predicted molar refractivity (Wildman–Crippen MR) is 122 cm³/mol. The first-order chi connectivity index (χ1) is 16.0. The maximum Gasteiger partial charge on any atom is 0.322 e. The topological polar surface area (TPSA) is 83.7 Å². The van der Waals surface area contributed by atoms with Gasteiger partial charge in [0.05, 0.1) is 12.1 Å². The van der Waals surface area contributed by atoms with Gasteiger partial charge in [0.25, 0.3) is 5.56 Å². The molecule has 0 saturated heterocycles. The summed E-state index contributed by atoms with van der Waals surface area (Å²) >= 11 is 0. The molecule has 0 bridgehead atoms. The molecular weight excluding hydrogens is 425 g/mol. The average molecular weight is 445 g/mol. The number of anilines is 1. The number of carbonyl (C=O) groups excluding carboxylic acids is 1. The first kappa shape index (κ1) is 20.6. The molecule has 2 heterocycles. The summed E-state index contributed by atoms with van der Waals surface area (Å²) in [5, 5.41) is 3.54. The maximum atomic E-state index is 13.2. The zero-order valence-electron chi connectivity index (χ0n) is 17.5. The van der Waals surface area contributed by atoms with E-state index in [-0.39, 0.29) is 25.4 Å². The number of aromatic nitrogens is 1. The van der Waals surface area contributed by atoms with Gasteiger partial charge in [-0.25, -0.2) is 9.18 Å². The van der Waals surface area contributed by atoms with Crippen LogP contribution in [0.1, 0.15) is 11.1 Å². The first-order valence-electron chi connectivity index (χ1n) is 10.4. The summed E-state index contributed by atoms with van der Waals surface area (Å²) in [7, 11) is 0. The smallest absolute Gasteiger partial charge is 0.322 e. The molecular formula is C25H20FN3O4. The summed E-state index contributed by atoms with van der Waals surface area (Å²) in [6.45, 7) is 0.491. The highest BCUT2D eigenvalue weighted by molar-refractivity contribution is 5.89. The van der Waals surface area contributed by atoms with Gasteiger partial charge >= 0.3 is 6.03 Å². The summed E-state index contributed by atoms with van der Waals surface area (Å²) in [6.07, 6.45) is 0. The number of benzene rings is 3. The van der Waals surface area contributed by atoms with Gasteiger partial charge in [-0.15, -0.1) is 0 Å². The van der Waals surface area contributed by atoms with Crippen LogP contribution >= 0.6 is 0 Å². The van der Waals surface area contributed by atoms with Crippen molar-refractivity contribution >= 4 is 22.6 Å². The minimum atomic E-state index is -0.407. The molecule has 1 aromatic heterocycles. The Hall–Kier alpha value is -4.33. The van der Waals surface area contributed by atoms with Crippen LogP contribution in [0.4, 0.5) is 14.9 Å². The van der Waals surface area contributed by atoms with E-state index in [0.717, 1.165) is 10.9 Å². The Morgan fingerprint density at radius 3 is 2.45 bits per heavy atom. The molecule has 3 aromatic carbocycles. The number of aromatic amines is 1. The first-order valence-corrected chi connectivity index (χ1v) is 10.4. The molecule has 0 fully saturated rings. The maximum absolute atomic E-state index is 13.2. The van der Waals surface area contributed by atoms with Gasteiger partial charge in [-0.1, -0.05) is 30.3 Å². The molecule has 2 amide bonds. The number of nitrogens with zero attached hydrogens (tertiary/aromatic N) is 1. The Kier molecular flexibility index (Phi) is 5.40. The lowest BCUT2D eigenvalue weighted by atomic mass is 10.1. The number of hydrogen-bond donors (Lipinski definition) is 2. The fourth-order valence-corrected chi connectivity index (χ4v) is 3.70. The van der Waals surface area contributed by atoms with Crippen LogP contribution in [0.25, 0.3) is 10.9 Å². The standard InChI is InChI=1S/C25H20FN3O4/c26-19-6-8-20(9-7-19)27-25(31)29(13-16-4-2-1-3-5-16)14-18-10-17-11-22-23(33-15-32-22)12-21(17)28-24(18)30/h1-12H,13-15H2,(H,27,31)(H,28,30). The number of ether oxygens (including phenoxy) is 2. The molecule has 0 spiro atoms. The van der Waals surface area contributed by atoms with Crippen molar-refractivity contribution in [3.05, 3.63) is 100 Å². The Labute approximate surface area is 188 Å². The van der Waals surface area contributed by atoms with Crippen molar-refractivity contribution in [1.82, 2.24) is 9.88 Å². The second-order valence-corrected chi connectivity index (χ2v) is 7.70. The number of nitrogens with one attached hydrogen (secondary N) is 2. The monoisotopic (exact) mass is 445 g/mol. The Balaban J connectivity index is 1.45. The van der Waals surface area contributed by atoms with Gasteiger partial charge in [-0.3, -0.25) is 4.79 Å². The van der Waals surface area contributed by atoms with E-state index in [1.54, 1.807) is 18.2 Å². The molecule has 7 nitrogen and oxygen atoms in total. The van der Waals surface area contributed by atoms with Crippen LogP contribution in [0.15, 0.2) is 77.6 Å². The molecule has 1 aliphatic heterocycles. The van der Waals surface area contributed by atoms with Gasteiger partial charge in [-0.2, -0.15) is 0 Å². The van der Waals surface area contributed by atoms with Crippen LogP contribution < -0.4 is 20.3 Å². The highest BCUT2D eigenvalue weighted by Gasteiger charge is 2.19. The van der Waals surface area contributed by atoms with Gasteiger partial charge < -0.3 is 24.7 Å². The van der Waals surface area contributed by atoms with Crippen LogP contribution in [0.2, 0.25) is 0 Å². The molecule has 1 aliphatic rings. The molecule has 2 N–H and O–H groups in total. The summed E-state index contributed by atoms with van der Waals surface area (Å²) in [4.78, 5) is 30.3. The van der Waals surface area contributed by atoms with Crippen LogP contribution in [0.5, 0.6) is 11.5 Å². The number of urea groups is 1. The summed E-state index contributed by atoms with van der Waals surface area (Å²) < 4.78 is 24.0. The summed E-state index contributed by atoms with van der Waals surface area (Å²) in [5.74, 6) is 0.795. The van der Waals surface area contributed by atoms with Gasteiger partial charge in [0.15, 0.2) is 11.5 Å². The van der Waals surface area contributed by atoms with Crippen LogP contribution in [-0.2, 0) is 13.1 Å². The SMILES string of the molecule is O=C(Nc1ccc(F)cc1)N(Cc1ccccc1)Cc1cc2cc3c(cc2[nH]c1=O)OCO3. The number of rotatable bonds is 5. The minimum Gasteiger partial charge on any atom is -0.454 e. The van der Waals surface area contributed by atoms with Crippen molar-refractivity contribution in [2.75, 3.05) is 12.1 Å². The van der Waals surface area contributed by atoms with E-state index in [1.165, 1.54) is 29.2 Å². The molecule has 4 aromatic rings. The van der Waals surface area contributed by atoms with E-state index in [4.69, 9.17) is 9.47 Å². The molecule has 33 heavy (non-hydrogen) atoms. The highest BCUT2D eigenvalue weighted by atomic mass is 19.1. The number of hydrogen-bond acceptors (Lipinski definition) is 4.